The molecule has 0 aliphatic heterocycles. The molecule has 7 heteroatoms. The molecule has 0 spiro atoms. The highest BCUT2D eigenvalue weighted by Crippen LogP contribution is 2.26. The summed E-state index contributed by atoms with van der Waals surface area (Å²) in [4.78, 5) is 16.1. The van der Waals surface area contributed by atoms with Crippen molar-refractivity contribution in [1.29, 1.82) is 0 Å². The molecule has 94 valence electrons. The summed E-state index contributed by atoms with van der Waals surface area (Å²) in [6.07, 6.45) is 0. The average molecular weight is 391 g/mol. The Hall–Kier alpha value is -0.760. The van der Waals surface area contributed by atoms with E-state index in [4.69, 9.17) is 5.73 Å². The Bertz CT molecular complexity index is 585. The number of nitrogens with one attached hydrogen (secondary N) is 1. The minimum absolute atomic E-state index is 0.242. The maximum Gasteiger partial charge on any atom is 0.275 e. The zero-order valence-corrected chi connectivity index (χ0v) is 13.1. The molecular weight excluding hydrogens is 382 g/mol. The fraction of sp³-hybridized carbons (Fsp3) is 0.0909. The Balaban J connectivity index is 2.16. The Morgan fingerprint density at radius 1 is 1.44 bits per heavy atom. The summed E-state index contributed by atoms with van der Waals surface area (Å²) in [5.74, 6) is -0.242. The van der Waals surface area contributed by atoms with E-state index in [2.05, 4.69) is 42.2 Å². The van der Waals surface area contributed by atoms with Crippen LogP contribution in [0.3, 0.4) is 0 Å². The molecule has 18 heavy (non-hydrogen) atoms. The maximum absolute atomic E-state index is 11.9. The van der Waals surface area contributed by atoms with Gasteiger partial charge in [-0.2, -0.15) is 0 Å². The minimum Gasteiger partial charge on any atom is -0.325 e. The number of nitrogens with zero attached hydrogens (tertiary/aromatic N) is 1. The first-order valence-electron chi connectivity index (χ1n) is 5.01. The third kappa shape index (κ3) is 3.17. The minimum atomic E-state index is -0.242. The molecule has 2 aromatic rings. The first-order chi connectivity index (χ1) is 8.60. The molecule has 1 aromatic heterocycles. The fourth-order valence-corrected chi connectivity index (χ4v) is 3.09. The van der Waals surface area contributed by atoms with Gasteiger partial charge in [0.05, 0.1) is 5.69 Å². The number of aromatic nitrogens is 1. The number of halogens is 2. The van der Waals surface area contributed by atoms with Crippen LogP contribution in [0, 0.1) is 0 Å². The number of anilines is 1. The molecule has 0 bridgehead atoms. The van der Waals surface area contributed by atoms with Crippen LogP contribution in [0.25, 0.3) is 0 Å². The van der Waals surface area contributed by atoms with Gasteiger partial charge in [-0.15, -0.1) is 11.3 Å². The Kier molecular flexibility index (Phi) is 4.50. The lowest BCUT2D eigenvalue weighted by atomic mass is 10.3. The number of nitrogens with two attached hydrogens (primary N) is 1. The lowest BCUT2D eigenvalue weighted by molar-refractivity contribution is 0.102. The summed E-state index contributed by atoms with van der Waals surface area (Å²) in [5.41, 5.74) is 6.54. The standard InChI is InChI=1S/C11H9Br2N3OS/c12-6-1-2-8(7(13)3-6)16-11(17)9-5-18-10(4-14)15-9/h1-3,5H,4,14H2,(H,16,17). The van der Waals surface area contributed by atoms with Crippen LogP contribution in [0.4, 0.5) is 5.69 Å². The van der Waals surface area contributed by atoms with Crippen molar-refractivity contribution in [1.82, 2.24) is 4.98 Å². The first kappa shape index (κ1) is 13.7. The van der Waals surface area contributed by atoms with Gasteiger partial charge >= 0.3 is 0 Å². The first-order valence-corrected chi connectivity index (χ1v) is 7.47. The predicted octanol–water partition coefficient (Wildman–Crippen LogP) is 3.38. The molecule has 0 aliphatic rings. The second-order valence-electron chi connectivity index (χ2n) is 3.41. The van der Waals surface area contributed by atoms with Crippen molar-refractivity contribution in [2.75, 3.05) is 5.32 Å². The van der Waals surface area contributed by atoms with Crippen molar-refractivity contribution in [2.45, 2.75) is 6.54 Å². The van der Waals surface area contributed by atoms with E-state index in [0.29, 0.717) is 17.9 Å². The molecule has 4 nitrogen and oxygen atoms in total. The van der Waals surface area contributed by atoms with E-state index < -0.39 is 0 Å². The topological polar surface area (TPSA) is 68.0 Å². The maximum atomic E-state index is 11.9. The number of thiazole rings is 1. The van der Waals surface area contributed by atoms with Crippen LogP contribution in [0.5, 0.6) is 0 Å². The molecule has 2 rings (SSSR count). The summed E-state index contributed by atoms with van der Waals surface area (Å²) in [6.45, 7) is 0.347. The van der Waals surface area contributed by atoms with Crippen LogP contribution in [-0.4, -0.2) is 10.9 Å². The van der Waals surface area contributed by atoms with Gasteiger partial charge in [0.15, 0.2) is 0 Å². The molecule has 0 aliphatic carbocycles. The van der Waals surface area contributed by atoms with E-state index in [1.54, 1.807) is 5.38 Å². The summed E-state index contributed by atoms with van der Waals surface area (Å²) >= 11 is 8.12. The monoisotopic (exact) mass is 389 g/mol. The van der Waals surface area contributed by atoms with Crippen LogP contribution in [-0.2, 0) is 6.54 Å². The normalized spacial score (nSPS) is 10.4. The van der Waals surface area contributed by atoms with Crippen LogP contribution in [0.1, 0.15) is 15.5 Å². The summed E-state index contributed by atoms with van der Waals surface area (Å²) in [7, 11) is 0. The highest BCUT2D eigenvalue weighted by molar-refractivity contribution is 9.11. The average Bonchev–Trinajstić information content (AvgIpc) is 2.81. The SMILES string of the molecule is NCc1nc(C(=O)Nc2ccc(Br)cc2Br)cs1. The van der Waals surface area contributed by atoms with Gasteiger partial charge in [-0.3, -0.25) is 4.79 Å². The second kappa shape index (κ2) is 5.92. The molecule has 0 saturated heterocycles. The molecule has 1 amide bonds. The van der Waals surface area contributed by atoms with E-state index in [0.717, 1.165) is 14.0 Å². The molecule has 1 aromatic carbocycles. The molecule has 0 fully saturated rings. The highest BCUT2D eigenvalue weighted by Gasteiger charge is 2.12. The van der Waals surface area contributed by atoms with E-state index in [-0.39, 0.29) is 5.91 Å². The van der Waals surface area contributed by atoms with Crippen LogP contribution < -0.4 is 11.1 Å². The Labute approximate surface area is 125 Å². The number of carbonyl (C=O) groups is 1. The second-order valence-corrected chi connectivity index (χ2v) is 6.12. The zero-order valence-electron chi connectivity index (χ0n) is 9.11. The third-order valence-corrected chi connectivity index (χ3v) is 4.16. The zero-order chi connectivity index (χ0) is 13.1. The van der Waals surface area contributed by atoms with Gasteiger partial charge in [-0.1, -0.05) is 15.9 Å². The van der Waals surface area contributed by atoms with E-state index in [1.807, 2.05) is 18.2 Å². The number of carbonyl (C=O) groups excluding carboxylic acids is 1. The smallest absolute Gasteiger partial charge is 0.275 e. The lowest BCUT2D eigenvalue weighted by Crippen LogP contribution is -2.13. The molecule has 0 atom stereocenters. The van der Waals surface area contributed by atoms with Crippen molar-refractivity contribution in [3.8, 4) is 0 Å². The predicted molar refractivity (Wildman–Crippen MR) is 79.8 cm³/mol. The van der Waals surface area contributed by atoms with Gasteiger partial charge in [-0.25, -0.2) is 4.98 Å². The number of hydrogen-bond acceptors (Lipinski definition) is 4. The van der Waals surface area contributed by atoms with Gasteiger partial charge in [0.25, 0.3) is 5.91 Å². The van der Waals surface area contributed by atoms with Crippen LogP contribution >= 0.6 is 43.2 Å². The van der Waals surface area contributed by atoms with E-state index in [1.165, 1.54) is 11.3 Å². The van der Waals surface area contributed by atoms with Crippen LogP contribution in [0.15, 0.2) is 32.5 Å². The number of amides is 1. The Morgan fingerprint density at radius 2 is 2.22 bits per heavy atom. The van der Waals surface area contributed by atoms with Crippen molar-refractivity contribution >= 4 is 54.8 Å². The van der Waals surface area contributed by atoms with Crippen LogP contribution in [0.2, 0.25) is 0 Å². The Morgan fingerprint density at radius 3 is 2.83 bits per heavy atom. The largest absolute Gasteiger partial charge is 0.325 e. The molecule has 0 unspecified atom stereocenters. The summed E-state index contributed by atoms with van der Waals surface area (Å²) < 4.78 is 1.74. The lowest BCUT2D eigenvalue weighted by Gasteiger charge is -2.06. The highest BCUT2D eigenvalue weighted by atomic mass is 79.9. The number of hydrogen-bond donors (Lipinski definition) is 2. The van der Waals surface area contributed by atoms with Gasteiger partial charge in [0.1, 0.15) is 10.7 Å². The van der Waals surface area contributed by atoms with Gasteiger partial charge in [0.2, 0.25) is 0 Å². The van der Waals surface area contributed by atoms with Gasteiger partial charge in [0, 0.05) is 20.9 Å². The quantitative estimate of drug-likeness (QED) is 0.843. The van der Waals surface area contributed by atoms with Gasteiger partial charge in [-0.05, 0) is 34.1 Å². The molecule has 0 saturated carbocycles. The number of benzene rings is 1. The van der Waals surface area contributed by atoms with Crippen molar-refractivity contribution < 1.29 is 4.79 Å². The van der Waals surface area contributed by atoms with Gasteiger partial charge < -0.3 is 11.1 Å². The molecular formula is C11H9Br2N3OS. The summed E-state index contributed by atoms with van der Waals surface area (Å²) in [5, 5.41) is 5.23. The summed E-state index contributed by atoms with van der Waals surface area (Å²) in [6, 6.07) is 5.52. The third-order valence-electron chi connectivity index (χ3n) is 2.14. The van der Waals surface area contributed by atoms with E-state index >= 15 is 0 Å². The molecule has 1 heterocycles. The molecule has 3 N–H and O–H groups in total. The fourth-order valence-electron chi connectivity index (χ4n) is 1.29. The van der Waals surface area contributed by atoms with Crippen molar-refractivity contribution in [2.24, 2.45) is 5.73 Å². The van der Waals surface area contributed by atoms with Crippen molar-refractivity contribution in [3.63, 3.8) is 0 Å². The van der Waals surface area contributed by atoms with Crippen molar-refractivity contribution in [3.05, 3.63) is 43.2 Å². The van der Waals surface area contributed by atoms with E-state index in [9.17, 15) is 4.79 Å². The molecule has 0 radical (unpaired) electrons. The number of rotatable bonds is 3.